The zero-order valence-electron chi connectivity index (χ0n) is 15.6. The first kappa shape index (κ1) is 18.1. The van der Waals surface area contributed by atoms with Crippen molar-refractivity contribution < 1.29 is 19.1 Å². The number of amides is 2. The van der Waals surface area contributed by atoms with Gasteiger partial charge in [-0.3, -0.25) is 19.3 Å². The smallest absolute Gasteiger partial charge is 0.254 e. The lowest BCUT2D eigenvalue weighted by atomic mass is 10.1. The Morgan fingerprint density at radius 3 is 2.36 bits per heavy atom. The molecular weight excluding hydrogens is 356 g/mol. The number of Topliss-reactive ketones (excluding diaryl/α,β-unsaturated/α-hetero) is 1. The van der Waals surface area contributed by atoms with E-state index in [1.807, 2.05) is 0 Å². The van der Waals surface area contributed by atoms with Crippen LogP contribution in [-0.2, 0) is 9.53 Å². The van der Waals surface area contributed by atoms with E-state index in [1.54, 1.807) is 59.5 Å². The van der Waals surface area contributed by atoms with E-state index in [2.05, 4.69) is 0 Å². The second-order valence-electron chi connectivity index (χ2n) is 6.76. The summed E-state index contributed by atoms with van der Waals surface area (Å²) in [6.45, 7) is 3.72. The maximum Gasteiger partial charge on any atom is 0.254 e. The van der Waals surface area contributed by atoms with Crippen molar-refractivity contribution >= 4 is 29.4 Å². The van der Waals surface area contributed by atoms with Gasteiger partial charge in [0, 0.05) is 31.1 Å². The number of allylic oxidation sites excluding steroid dienone is 1. The van der Waals surface area contributed by atoms with Crippen molar-refractivity contribution in [3.8, 4) is 0 Å². The molecule has 4 rings (SSSR count). The van der Waals surface area contributed by atoms with Crippen LogP contribution in [0.1, 0.15) is 33.2 Å². The molecule has 2 aliphatic heterocycles. The molecule has 28 heavy (non-hydrogen) atoms. The molecule has 142 valence electrons. The number of ether oxygens (including phenoxy) is 1. The monoisotopic (exact) mass is 376 g/mol. The van der Waals surface area contributed by atoms with Crippen LogP contribution in [0.3, 0.4) is 0 Å². The van der Waals surface area contributed by atoms with Crippen LogP contribution in [0.2, 0.25) is 0 Å². The first-order chi connectivity index (χ1) is 13.6. The molecule has 0 radical (unpaired) electrons. The molecule has 6 heteroatoms. The molecule has 2 amide bonds. The summed E-state index contributed by atoms with van der Waals surface area (Å²) in [5, 5.41) is 0. The standard InChI is InChI=1S/C22H20N2O4/c1-15(25)24-19-5-3-2-4-18(19)21(26)20(24)14-16-6-8-17(9-7-16)22(27)23-10-12-28-13-11-23/h2-9,14H,10-13H2,1H3/b20-14-. The fraction of sp³-hybridized carbons (Fsp3) is 0.227. The maximum atomic E-state index is 12.8. The van der Waals surface area contributed by atoms with Gasteiger partial charge >= 0.3 is 0 Å². The first-order valence-electron chi connectivity index (χ1n) is 9.19. The molecule has 1 fully saturated rings. The largest absolute Gasteiger partial charge is 0.378 e. The van der Waals surface area contributed by atoms with Gasteiger partial charge in [0.1, 0.15) is 0 Å². The van der Waals surface area contributed by atoms with Crippen LogP contribution in [0, 0.1) is 0 Å². The van der Waals surface area contributed by atoms with Crippen molar-refractivity contribution in [3.63, 3.8) is 0 Å². The molecule has 0 aromatic heterocycles. The minimum absolute atomic E-state index is 0.0304. The Labute approximate surface area is 163 Å². The third-order valence-corrected chi connectivity index (χ3v) is 4.94. The van der Waals surface area contributed by atoms with Gasteiger partial charge in [-0.25, -0.2) is 0 Å². The van der Waals surface area contributed by atoms with E-state index in [9.17, 15) is 14.4 Å². The predicted octanol–water partition coefficient (Wildman–Crippen LogP) is 2.75. The summed E-state index contributed by atoms with van der Waals surface area (Å²) in [5.41, 5.74) is 2.78. The molecule has 0 spiro atoms. The Morgan fingerprint density at radius 2 is 1.68 bits per heavy atom. The summed E-state index contributed by atoms with van der Waals surface area (Å²) >= 11 is 0. The number of anilines is 1. The van der Waals surface area contributed by atoms with Crippen molar-refractivity contribution in [1.82, 2.24) is 4.90 Å². The number of hydrogen-bond acceptors (Lipinski definition) is 4. The number of nitrogens with zero attached hydrogens (tertiary/aromatic N) is 2. The molecule has 0 unspecified atom stereocenters. The van der Waals surface area contributed by atoms with Crippen molar-refractivity contribution in [2.45, 2.75) is 6.92 Å². The topological polar surface area (TPSA) is 66.9 Å². The molecule has 0 atom stereocenters. The van der Waals surface area contributed by atoms with Gasteiger partial charge in [0.25, 0.3) is 5.91 Å². The molecule has 2 aromatic rings. The second kappa shape index (κ2) is 7.40. The average molecular weight is 376 g/mol. The highest BCUT2D eigenvalue weighted by molar-refractivity contribution is 6.26. The van der Waals surface area contributed by atoms with Gasteiger partial charge in [-0.15, -0.1) is 0 Å². The Morgan fingerprint density at radius 1 is 1.00 bits per heavy atom. The number of carbonyl (C=O) groups is 3. The molecule has 0 aliphatic carbocycles. The lowest BCUT2D eigenvalue weighted by Gasteiger charge is -2.26. The first-order valence-corrected chi connectivity index (χ1v) is 9.19. The molecule has 2 heterocycles. The highest BCUT2D eigenvalue weighted by Gasteiger charge is 2.34. The number of carbonyl (C=O) groups excluding carboxylic acids is 3. The molecule has 0 N–H and O–H groups in total. The van der Waals surface area contributed by atoms with Crippen LogP contribution in [0.15, 0.2) is 54.2 Å². The molecule has 1 saturated heterocycles. The SMILES string of the molecule is CC(=O)N1/C(=C\c2ccc(C(=O)N3CCOCC3)cc2)C(=O)c2ccccc21. The van der Waals surface area contributed by atoms with Crippen LogP contribution >= 0.6 is 0 Å². The van der Waals surface area contributed by atoms with Gasteiger partial charge in [0.15, 0.2) is 0 Å². The predicted molar refractivity (Wildman–Crippen MR) is 105 cm³/mol. The lowest BCUT2D eigenvalue weighted by Crippen LogP contribution is -2.40. The molecule has 2 aromatic carbocycles. The fourth-order valence-electron chi connectivity index (χ4n) is 3.53. The number of fused-ring (bicyclic) bond motifs is 1. The third kappa shape index (κ3) is 3.23. The lowest BCUT2D eigenvalue weighted by molar-refractivity contribution is -0.116. The quantitative estimate of drug-likeness (QED) is 0.756. The molecule has 6 nitrogen and oxygen atoms in total. The van der Waals surface area contributed by atoms with E-state index in [1.165, 1.54) is 11.8 Å². The van der Waals surface area contributed by atoms with Crippen LogP contribution in [0.25, 0.3) is 6.08 Å². The summed E-state index contributed by atoms with van der Waals surface area (Å²) in [4.78, 5) is 40.7. The van der Waals surface area contributed by atoms with Crippen molar-refractivity contribution in [1.29, 1.82) is 0 Å². The molecule has 2 aliphatic rings. The highest BCUT2D eigenvalue weighted by atomic mass is 16.5. The van der Waals surface area contributed by atoms with Crippen molar-refractivity contribution in [2.75, 3.05) is 31.2 Å². The van der Waals surface area contributed by atoms with Gasteiger partial charge in [-0.05, 0) is 35.9 Å². The van der Waals surface area contributed by atoms with Crippen LogP contribution in [0.5, 0.6) is 0 Å². The van der Waals surface area contributed by atoms with Gasteiger partial charge in [-0.2, -0.15) is 0 Å². The minimum Gasteiger partial charge on any atom is -0.378 e. The van der Waals surface area contributed by atoms with Crippen LogP contribution in [-0.4, -0.2) is 48.8 Å². The van der Waals surface area contributed by atoms with Crippen molar-refractivity contribution in [2.24, 2.45) is 0 Å². The van der Waals surface area contributed by atoms with E-state index >= 15 is 0 Å². The van der Waals surface area contributed by atoms with Gasteiger partial charge < -0.3 is 9.64 Å². The Bertz CT molecular complexity index is 972. The van der Waals surface area contributed by atoms with Gasteiger partial charge in [-0.1, -0.05) is 24.3 Å². The average Bonchev–Trinajstić information content (AvgIpc) is 3.01. The fourth-order valence-corrected chi connectivity index (χ4v) is 3.53. The summed E-state index contributed by atoms with van der Waals surface area (Å²) in [5.74, 6) is -0.430. The molecular formula is C22H20N2O4. The highest BCUT2D eigenvalue weighted by Crippen LogP contribution is 2.35. The zero-order valence-corrected chi connectivity index (χ0v) is 15.6. The maximum absolute atomic E-state index is 12.8. The van der Waals surface area contributed by atoms with E-state index in [0.29, 0.717) is 48.8 Å². The van der Waals surface area contributed by atoms with E-state index in [-0.39, 0.29) is 17.6 Å². The van der Waals surface area contributed by atoms with Gasteiger partial charge in [0.05, 0.1) is 24.6 Å². The van der Waals surface area contributed by atoms with E-state index in [0.717, 1.165) is 5.56 Å². The summed E-state index contributed by atoms with van der Waals surface area (Å²) in [6.07, 6.45) is 1.69. The third-order valence-electron chi connectivity index (χ3n) is 4.94. The minimum atomic E-state index is -0.219. The van der Waals surface area contributed by atoms with E-state index in [4.69, 9.17) is 4.74 Å². The van der Waals surface area contributed by atoms with Crippen LogP contribution < -0.4 is 4.90 Å². The van der Waals surface area contributed by atoms with Crippen molar-refractivity contribution in [3.05, 3.63) is 70.9 Å². The molecule has 0 bridgehead atoms. The zero-order chi connectivity index (χ0) is 19.7. The van der Waals surface area contributed by atoms with Crippen LogP contribution in [0.4, 0.5) is 5.69 Å². The number of benzene rings is 2. The Kier molecular flexibility index (Phi) is 4.79. The Balaban J connectivity index is 1.61. The summed E-state index contributed by atoms with van der Waals surface area (Å²) in [7, 11) is 0. The molecule has 0 saturated carbocycles. The Hall–Kier alpha value is -3.25. The van der Waals surface area contributed by atoms with Gasteiger partial charge in [0.2, 0.25) is 11.7 Å². The number of ketones is 1. The normalized spacial score (nSPS) is 17.8. The second-order valence-corrected chi connectivity index (χ2v) is 6.76. The summed E-state index contributed by atoms with van der Waals surface area (Å²) in [6, 6.07) is 14.1. The summed E-state index contributed by atoms with van der Waals surface area (Å²) < 4.78 is 5.28. The number of rotatable bonds is 2. The number of para-hydroxylation sites is 1. The number of morpholine rings is 1. The number of hydrogen-bond donors (Lipinski definition) is 0. The van der Waals surface area contributed by atoms with E-state index < -0.39 is 0 Å².